The molecular weight excluding hydrogens is 190 g/mol. The van der Waals surface area contributed by atoms with E-state index in [4.69, 9.17) is 10.2 Å². The van der Waals surface area contributed by atoms with Gasteiger partial charge in [0.15, 0.2) is 0 Å². The molecule has 3 rings (SSSR count). The molecule has 1 aliphatic rings. The number of ether oxygens (including phenoxy) is 1. The Hall–Kier alpha value is -1.68. The van der Waals surface area contributed by atoms with Gasteiger partial charge in [0, 0.05) is 18.0 Å². The van der Waals surface area contributed by atoms with E-state index in [0.29, 0.717) is 5.69 Å². The number of rotatable bonds is 1. The number of pyridine rings is 1. The average molecular weight is 205 g/mol. The van der Waals surface area contributed by atoms with Crippen molar-refractivity contribution in [3.8, 4) is 11.3 Å². The van der Waals surface area contributed by atoms with Crippen LogP contribution in [-0.2, 0) is 17.8 Å². The zero-order chi connectivity index (χ0) is 13.7. The summed E-state index contributed by atoms with van der Waals surface area (Å²) in [6, 6.07) is 4.98. The summed E-state index contributed by atoms with van der Waals surface area (Å²) < 4.78 is 37.2. The first-order valence-corrected chi connectivity index (χ1v) is 4.55. The summed E-state index contributed by atoms with van der Waals surface area (Å²) >= 11 is 0. The molecule has 0 saturated heterocycles. The molecule has 0 radical (unpaired) electrons. The fourth-order valence-corrected chi connectivity index (χ4v) is 1.44. The Morgan fingerprint density at radius 3 is 3.07 bits per heavy atom. The van der Waals surface area contributed by atoms with Crippen LogP contribution in [0.1, 0.15) is 11.2 Å². The zero-order valence-electron chi connectivity index (χ0n) is 11.8. The van der Waals surface area contributed by atoms with Crippen LogP contribution >= 0.6 is 0 Å². The van der Waals surface area contributed by atoms with Gasteiger partial charge in [-0.1, -0.05) is 0 Å². The molecule has 0 spiro atoms. The molecule has 0 bridgehead atoms. The maximum absolute atomic E-state index is 7.82. The van der Waals surface area contributed by atoms with Crippen LogP contribution in [-0.4, -0.2) is 21.4 Å². The van der Waals surface area contributed by atoms with Gasteiger partial charge in [0.1, 0.15) is 0 Å². The van der Waals surface area contributed by atoms with E-state index in [1.165, 1.54) is 6.07 Å². The lowest BCUT2D eigenvalue weighted by Gasteiger charge is -2.12. The van der Waals surface area contributed by atoms with E-state index in [1.807, 2.05) is 0 Å². The summed E-state index contributed by atoms with van der Waals surface area (Å²) in [5, 5.41) is 4.16. The van der Waals surface area contributed by atoms with Gasteiger partial charge in [0.05, 0.1) is 36.5 Å². The molecule has 0 aromatic carbocycles. The van der Waals surface area contributed by atoms with Gasteiger partial charge in [-0.15, -0.1) is 0 Å². The second-order valence-electron chi connectivity index (χ2n) is 3.11. The van der Waals surface area contributed by atoms with Gasteiger partial charge in [-0.05, 0) is 18.2 Å². The van der Waals surface area contributed by atoms with Crippen molar-refractivity contribution in [3.63, 3.8) is 0 Å². The molecule has 0 atom stereocenters. The molecule has 3 heterocycles. The Kier molecular flexibility index (Phi) is 1.25. The Morgan fingerprint density at radius 1 is 1.40 bits per heavy atom. The summed E-state index contributed by atoms with van der Waals surface area (Å²) in [6.07, 6.45) is 3.21. The van der Waals surface area contributed by atoms with Crippen molar-refractivity contribution in [2.45, 2.75) is 13.1 Å². The minimum Gasteiger partial charge on any atom is -0.373 e. The molecule has 4 nitrogen and oxygen atoms in total. The van der Waals surface area contributed by atoms with Crippen molar-refractivity contribution in [1.29, 1.82) is 0 Å². The second kappa shape index (κ2) is 3.47. The monoisotopic (exact) mass is 205 g/mol. The first-order chi connectivity index (χ1) is 8.90. The van der Waals surface area contributed by atoms with Crippen LogP contribution < -0.4 is 0 Å². The molecule has 0 aliphatic carbocycles. The van der Waals surface area contributed by atoms with E-state index in [9.17, 15) is 0 Å². The normalized spacial score (nSPS) is 25.6. The lowest BCUT2D eigenvalue weighted by molar-refractivity contribution is 0.0801. The highest BCUT2D eigenvalue weighted by molar-refractivity contribution is 5.58. The average Bonchev–Trinajstić information content (AvgIpc) is 2.84. The van der Waals surface area contributed by atoms with Crippen LogP contribution in [0.2, 0.25) is 0 Å². The molecule has 76 valence electrons. The van der Waals surface area contributed by atoms with Crippen LogP contribution in [0.5, 0.6) is 0 Å². The number of hydrogen-bond donors (Lipinski definition) is 0. The van der Waals surface area contributed by atoms with Crippen molar-refractivity contribution in [2.75, 3.05) is 6.61 Å². The maximum atomic E-state index is 7.82. The third-order valence-corrected chi connectivity index (χ3v) is 2.15. The molecular formula is C11H11N3O. The van der Waals surface area contributed by atoms with Crippen LogP contribution in [0.15, 0.2) is 30.6 Å². The summed E-state index contributed by atoms with van der Waals surface area (Å²) in [4.78, 5) is 3.90. The molecule has 15 heavy (non-hydrogen) atoms. The summed E-state index contributed by atoms with van der Waals surface area (Å²) in [5.41, 5.74) is 1.33. The lowest BCUT2D eigenvalue weighted by atomic mass is 10.2. The van der Waals surface area contributed by atoms with Gasteiger partial charge in [-0.3, -0.25) is 9.67 Å². The predicted octanol–water partition coefficient (Wildman–Crippen LogP) is 1.48. The molecule has 2 aromatic heterocycles. The maximum Gasteiger partial charge on any atom is 0.0928 e. The molecule has 2 aromatic rings. The van der Waals surface area contributed by atoms with Crippen LogP contribution in [0.25, 0.3) is 11.3 Å². The van der Waals surface area contributed by atoms with Gasteiger partial charge in [-0.2, -0.15) is 5.10 Å². The van der Waals surface area contributed by atoms with Gasteiger partial charge in [-0.25, -0.2) is 0 Å². The highest BCUT2D eigenvalue weighted by Crippen LogP contribution is 2.20. The van der Waals surface area contributed by atoms with Gasteiger partial charge >= 0.3 is 0 Å². The van der Waals surface area contributed by atoms with E-state index >= 15 is 0 Å². The molecule has 0 fully saturated rings. The lowest BCUT2D eigenvalue weighted by Crippen LogP contribution is -2.16. The van der Waals surface area contributed by atoms with Crippen LogP contribution in [0.3, 0.4) is 0 Å². The van der Waals surface area contributed by atoms with Crippen molar-refractivity contribution in [3.05, 3.63) is 36.3 Å². The quantitative estimate of drug-likeness (QED) is 0.708. The van der Waals surface area contributed by atoms with E-state index in [0.717, 1.165) is 10.2 Å². The van der Waals surface area contributed by atoms with E-state index in [1.54, 1.807) is 24.5 Å². The highest BCUT2D eigenvalue weighted by Gasteiger charge is 2.12. The molecule has 0 saturated carbocycles. The fraction of sp³-hybridized carbons (Fsp3) is 0.273. The van der Waals surface area contributed by atoms with Gasteiger partial charge in [0.25, 0.3) is 0 Å². The Labute approximate surface area is 93.1 Å². The third-order valence-electron chi connectivity index (χ3n) is 2.15. The van der Waals surface area contributed by atoms with Crippen molar-refractivity contribution < 1.29 is 10.2 Å². The van der Waals surface area contributed by atoms with E-state index in [2.05, 4.69) is 10.1 Å². The number of fused-ring (bicyclic) bond motifs is 1. The minimum atomic E-state index is -2.04. The topological polar surface area (TPSA) is 39.9 Å². The third kappa shape index (κ3) is 1.53. The Bertz CT molecular complexity index is 578. The molecule has 0 amide bonds. The summed E-state index contributed by atoms with van der Waals surface area (Å²) in [7, 11) is 0. The van der Waals surface area contributed by atoms with Crippen LogP contribution in [0.4, 0.5) is 0 Å². The van der Waals surface area contributed by atoms with E-state index < -0.39 is 13.1 Å². The molecule has 0 N–H and O–H groups in total. The number of nitrogens with zero attached hydrogens (tertiary/aromatic N) is 3. The second-order valence-corrected chi connectivity index (χ2v) is 3.11. The molecule has 0 unspecified atom stereocenters. The Morgan fingerprint density at radius 2 is 2.27 bits per heavy atom. The summed E-state index contributed by atoms with van der Waals surface area (Å²) in [5.74, 6) is 0. The van der Waals surface area contributed by atoms with Crippen molar-refractivity contribution >= 4 is 0 Å². The highest BCUT2D eigenvalue weighted by atomic mass is 16.5. The number of hydrogen-bond acceptors (Lipinski definition) is 3. The first kappa shape index (κ1) is 5.42. The van der Waals surface area contributed by atoms with Gasteiger partial charge < -0.3 is 4.74 Å². The fourth-order valence-electron chi connectivity index (χ4n) is 1.44. The first-order valence-electron chi connectivity index (χ1n) is 6.55. The van der Waals surface area contributed by atoms with Crippen molar-refractivity contribution in [2.24, 2.45) is 0 Å². The smallest absolute Gasteiger partial charge is 0.0928 e. The number of aromatic nitrogens is 3. The van der Waals surface area contributed by atoms with Crippen molar-refractivity contribution in [1.82, 2.24) is 14.8 Å². The van der Waals surface area contributed by atoms with E-state index in [-0.39, 0.29) is 12.3 Å². The molecule has 1 aliphatic heterocycles. The zero-order valence-corrected chi connectivity index (χ0v) is 7.84. The SMILES string of the molecule is [2H]C1([2H])OCC([2H])([2H])n2nc(-c3ccncc3)cc21. The van der Waals surface area contributed by atoms with Crippen LogP contribution in [0, 0.1) is 0 Å². The van der Waals surface area contributed by atoms with Gasteiger partial charge in [0.2, 0.25) is 0 Å². The largest absolute Gasteiger partial charge is 0.373 e. The minimum absolute atomic E-state index is 0.0792. The predicted molar refractivity (Wildman–Crippen MR) is 55.1 cm³/mol. The standard InChI is InChI=1S/C11H11N3O/c1-3-12-4-2-9(1)11-7-10-8-15-6-5-14(10)13-11/h1-4,7H,5-6,8H2/i5D2,8D2. The summed E-state index contributed by atoms with van der Waals surface area (Å²) in [6.45, 7) is -4.26. The molecule has 4 heteroatoms. The Balaban J connectivity index is 2.16.